The van der Waals surface area contributed by atoms with Crippen molar-refractivity contribution in [3.05, 3.63) is 22.3 Å². The lowest BCUT2D eigenvalue weighted by Gasteiger charge is -2.22. The summed E-state index contributed by atoms with van der Waals surface area (Å²) in [5, 5.41) is -0.612. The molecule has 0 aliphatic rings. The van der Waals surface area contributed by atoms with Crippen LogP contribution in [-0.4, -0.2) is 17.1 Å². The van der Waals surface area contributed by atoms with Crippen molar-refractivity contribution in [3.63, 3.8) is 0 Å². The molecule has 4 nitrogen and oxygen atoms in total. The van der Waals surface area contributed by atoms with E-state index < -0.39 is 17.1 Å². The van der Waals surface area contributed by atoms with Gasteiger partial charge in [0.25, 0.3) is 5.24 Å². The number of imide groups is 1. The van der Waals surface area contributed by atoms with Crippen molar-refractivity contribution >= 4 is 102 Å². The fourth-order valence-corrected chi connectivity index (χ4v) is 6.36. The molecule has 8 heteroatoms. The highest BCUT2D eigenvalue weighted by atomic mass is 127. The molecule has 1 aromatic rings. The SMILES string of the molecule is CC(=O)N(C(C)=O)c1c(I)cc(I)c(C(=O)Cl)c1I. The van der Waals surface area contributed by atoms with Gasteiger partial charge in [0.2, 0.25) is 11.8 Å². The van der Waals surface area contributed by atoms with Crippen LogP contribution in [0.3, 0.4) is 0 Å². The first-order valence-corrected chi connectivity index (χ1v) is 8.48. The molecule has 1 rings (SSSR count). The van der Waals surface area contributed by atoms with Crippen molar-refractivity contribution < 1.29 is 14.4 Å². The van der Waals surface area contributed by atoms with E-state index in [1.54, 1.807) is 6.07 Å². The predicted octanol–water partition coefficient (Wildman–Crippen LogP) is 3.78. The van der Waals surface area contributed by atoms with Gasteiger partial charge in [0.05, 0.1) is 14.8 Å². The van der Waals surface area contributed by atoms with Crippen LogP contribution in [-0.2, 0) is 9.59 Å². The van der Waals surface area contributed by atoms with Crippen molar-refractivity contribution in [1.29, 1.82) is 0 Å². The summed E-state index contributed by atoms with van der Waals surface area (Å²) in [5.41, 5.74) is 0.719. The van der Waals surface area contributed by atoms with Crippen molar-refractivity contribution in [2.24, 2.45) is 0 Å². The number of amides is 2. The lowest BCUT2D eigenvalue weighted by atomic mass is 10.2. The van der Waals surface area contributed by atoms with Gasteiger partial charge in [-0.05, 0) is 85.4 Å². The molecule has 0 N–H and O–H groups in total. The third-order valence-corrected chi connectivity index (χ3v) is 5.11. The van der Waals surface area contributed by atoms with Gasteiger partial charge < -0.3 is 0 Å². The van der Waals surface area contributed by atoms with Gasteiger partial charge in [0.15, 0.2) is 0 Å². The summed E-state index contributed by atoms with van der Waals surface area (Å²) in [7, 11) is 0. The molecule has 0 atom stereocenters. The van der Waals surface area contributed by atoms with E-state index in [-0.39, 0.29) is 0 Å². The van der Waals surface area contributed by atoms with Crippen LogP contribution in [0.15, 0.2) is 6.07 Å². The van der Waals surface area contributed by atoms with Gasteiger partial charge in [-0.1, -0.05) is 0 Å². The van der Waals surface area contributed by atoms with Crippen molar-refractivity contribution in [2.45, 2.75) is 13.8 Å². The minimum absolute atomic E-state index is 0.311. The number of benzene rings is 1. The number of carbonyl (C=O) groups is 3. The summed E-state index contributed by atoms with van der Waals surface area (Å²) in [4.78, 5) is 35.8. The number of rotatable bonds is 2. The number of nitrogens with zero attached hydrogens (tertiary/aromatic N) is 1. The Kier molecular flexibility index (Phi) is 6.45. The summed E-state index contributed by atoms with van der Waals surface area (Å²) in [6, 6.07) is 1.72. The van der Waals surface area contributed by atoms with Crippen molar-refractivity contribution in [2.75, 3.05) is 4.90 Å². The first kappa shape index (κ1) is 17.6. The van der Waals surface area contributed by atoms with Crippen LogP contribution in [0.1, 0.15) is 24.2 Å². The average molecular weight is 617 g/mol. The molecular weight excluding hydrogens is 610 g/mol. The summed E-state index contributed by atoms with van der Waals surface area (Å²) in [6.45, 7) is 2.60. The topological polar surface area (TPSA) is 54.5 Å². The van der Waals surface area contributed by atoms with Crippen molar-refractivity contribution in [3.8, 4) is 0 Å². The molecule has 19 heavy (non-hydrogen) atoms. The zero-order valence-electron chi connectivity index (χ0n) is 9.76. The molecule has 0 bridgehead atoms. The molecule has 0 aromatic heterocycles. The number of hydrogen-bond acceptors (Lipinski definition) is 3. The predicted molar refractivity (Wildman–Crippen MR) is 98.6 cm³/mol. The van der Waals surface area contributed by atoms with E-state index in [9.17, 15) is 14.4 Å². The van der Waals surface area contributed by atoms with Gasteiger partial charge in [-0.3, -0.25) is 14.4 Å². The maximum absolute atomic E-state index is 11.6. The standard InChI is InChI=1S/C11H7ClI3NO3/c1-4(17)16(5(2)18)10-7(14)3-6(13)8(9(10)15)11(12)19/h3H,1-2H3. The molecule has 1 aromatic carbocycles. The second kappa shape index (κ2) is 6.98. The van der Waals surface area contributed by atoms with Gasteiger partial charge in [0.1, 0.15) is 0 Å². The molecule has 2 amide bonds. The highest BCUT2D eigenvalue weighted by Gasteiger charge is 2.26. The largest absolute Gasteiger partial charge is 0.276 e. The zero-order chi connectivity index (χ0) is 14.9. The molecule has 0 spiro atoms. The van der Waals surface area contributed by atoms with E-state index in [1.807, 2.05) is 67.8 Å². The molecule has 0 radical (unpaired) electrons. The van der Waals surface area contributed by atoms with Gasteiger partial charge in [-0.15, -0.1) is 0 Å². The molecule has 0 aliphatic heterocycles. The van der Waals surface area contributed by atoms with Gasteiger partial charge in [0, 0.05) is 21.0 Å². The van der Waals surface area contributed by atoms with Gasteiger partial charge in [-0.25, -0.2) is 4.90 Å². The summed E-state index contributed by atoms with van der Waals surface area (Å²) in [5.74, 6) is -0.810. The molecule has 0 saturated carbocycles. The molecule has 102 valence electrons. The fourth-order valence-electron chi connectivity index (χ4n) is 1.50. The molecule has 0 heterocycles. The first-order chi connectivity index (χ1) is 8.68. The van der Waals surface area contributed by atoms with E-state index in [0.717, 1.165) is 4.90 Å². The normalized spacial score (nSPS) is 10.2. The fraction of sp³-hybridized carbons (Fsp3) is 0.182. The molecular formula is C11H7ClI3NO3. The van der Waals surface area contributed by atoms with Crippen LogP contribution in [0.25, 0.3) is 0 Å². The van der Waals surface area contributed by atoms with E-state index in [1.165, 1.54) is 13.8 Å². The van der Waals surface area contributed by atoms with E-state index in [2.05, 4.69) is 0 Å². The Hall–Kier alpha value is 0.510. The zero-order valence-corrected chi connectivity index (χ0v) is 17.0. The highest BCUT2D eigenvalue weighted by molar-refractivity contribution is 14.1. The highest BCUT2D eigenvalue weighted by Crippen LogP contribution is 2.35. The lowest BCUT2D eigenvalue weighted by Crippen LogP contribution is -2.34. The van der Waals surface area contributed by atoms with Crippen LogP contribution in [0.4, 0.5) is 5.69 Å². The van der Waals surface area contributed by atoms with Crippen LogP contribution < -0.4 is 4.90 Å². The van der Waals surface area contributed by atoms with Crippen molar-refractivity contribution in [1.82, 2.24) is 0 Å². The maximum atomic E-state index is 11.6. The second-order valence-electron chi connectivity index (χ2n) is 3.52. The Labute approximate surface area is 156 Å². The minimum Gasteiger partial charge on any atom is -0.276 e. The van der Waals surface area contributed by atoms with Gasteiger partial charge in [-0.2, -0.15) is 0 Å². The van der Waals surface area contributed by atoms with E-state index >= 15 is 0 Å². The maximum Gasteiger partial charge on any atom is 0.254 e. The third kappa shape index (κ3) is 3.79. The summed E-state index contributed by atoms with van der Waals surface area (Å²) >= 11 is 11.5. The Morgan fingerprint density at radius 1 is 1.05 bits per heavy atom. The number of anilines is 1. The first-order valence-electron chi connectivity index (χ1n) is 4.87. The minimum atomic E-state index is -0.612. The average Bonchev–Trinajstić information content (AvgIpc) is 2.21. The molecule has 0 unspecified atom stereocenters. The molecule has 0 fully saturated rings. The quantitative estimate of drug-likeness (QED) is 0.376. The van der Waals surface area contributed by atoms with Gasteiger partial charge >= 0.3 is 0 Å². The Morgan fingerprint density at radius 3 is 1.89 bits per heavy atom. The Morgan fingerprint density at radius 2 is 1.53 bits per heavy atom. The van der Waals surface area contributed by atoms with Crippen LogP contribution in [0, 0.1) is 10.7 Å². The molecule has 0 aliphatic carbocycles. The van der Waals surface area contributed by atoms with E-state index in [4.69, 9.17) is 11.6 Å². The summed E-state index contributed by atoms with van der Waals surface area (Å²) in [6.07, 6.45) is 0. The second-order valence-corrected chi connectivity index (χ2v) is 7.27. The third-order valence-electron chi connectivity index (χ3n) is 2.20. The van der Waals surface area contributed by atoms with Crippen LogP contribution >= 0.6 is 79.4 Å². The number of halogens is 4. The van der Waals surface area contributed by atoms with E-state index in [0.29, 0.717) is 22.0 Å². The number of carbonyl (C=O) groups excluding carboxylic acids is 3. The lowest BCUT2D eigenvalue weighted by molar-refractivity contribution is -0.124. The Balaban J connectivity index is 3.68. The monoisotopic (exact) mass is 617 g/mol. The van der Waals surface area contributed by atoms with Crippen LogP contribution in [0.5, 0.6) is 0 Å². The number of hydrogen-bond donors (Lipinski definition) is 0. The smallest absolute Gasteiger partial charge is 0.254 e. The summed E-state index contributed by atoms with van der Waals surface area (Å²) < 4.78 is 1.89. The van der Waals surface area contributed by atoms with Crippen LogP contribution in [0.2, 0.25) is 0 Å². The molecule has 0 saturated heterocycles. The Bertz CT molecular complexity index is 575.